The molecule has 25 heavy (non-hydrogen) atoms. The zero-order valence-corrected chi connectivity index (χ0v) is 14.8. The van der Waals surface area contributed by atoms with E-state index in [1.165, 1.54) is 0 Å². The van der Waals surface area contributed by atoms with Crippen LogP contribution < -0.4 is 5.32 Å². The van der Waals surface area contributed by atoms with Gasteiger partial charge in [-0.3, -0.25) is 4.79 Å². The van der Waals surface area contributed by atoms with Gasteiger partial charge in [-0.25, -0.2) is 4.68 Å². The third kappa shape index (κ3) is 3.62. The van der Waals surface area contributed by atoms with Gasteiger partial charge in [-0.05, 0) is 32.1 Å². The molecule has 0 aromatic carbocycles. The van der Waals surface area contributed by atoms with Gasteiger partial charge in [0.1, 0.15) is 5.82 Å². The van der Waals surface area contributed by atoms with E-state index in [0.717, 1.165) is 17.5 Å². The van der Waals surface area contributed by atoms with E-state index in [2.05, 4.69) is 10.4 Å². The smallest absolute Gasteiger partial charge is 0.367 e. The van der Waals surface area contributed by atoms with Crippen LogP contribution >= 0.6 is 0 Å². The molecule has 8 heteroatoms. The lowest BCUT2D eigenvalue weighted by atomic mass is 9.84. The van der Waals surface area contributed by atoms with Gasteiger partial charge in [0, 0.05) is 31.1 Å². The SMILES string of the molecule is Cc1cc2n(n1)[C@@H](C(F)(F)F)C[C@@H](C1CCN(C(=O)C(C)C)CC1)N2. The lowest BCUT2D eigenvalue weighted by molar-refractivity contribution is -0.174. The summed E-state index contributed by atoms with van der Waals surface area (Å²) in [5.74, 6) is 0.648. The van der Waals surface area contributed by atoms with E-state index in [-0.39, 0.29) is 30.2 Å². The number of alkyl halides is 3. The number of aromatic nitrogens is 2. The monoisotopic (exact) mass is 358 g/mol. The molecule has 140 valence electrons. The second kappa shape index (κ2) is 6.53. The Hall–Kier alpha value is -1.73. The summed E-state index contributed by atoms with van der Waals surface area (Å²) in [6.45, 7) is 6.68. The van der Waals surface area contributed by atoms with Crippen molar-refractivity contribution in [2.45, 2.75) is 58.3 Å². The Kier molecular flexibility index (Phi) is 4.72. The van der Waals surface area contributed by atoms with Crippen molar-refractivity contribution in [1.82, 2.24) is 14.7 Å². The summed E-state index contributed by atoms with van der Waals surface area (Å²) >= 11 is 0. The van der Waals surface area contributed by atoms with Crippen LogP contribution in [0.1, 0.15) is 44.8 Å². The molecule has 3 heterocycles. The fourth-order valence-corrected chi connectivity index (χ4v) is 3.92. The molecule has 0 radical (unpaired) electrons. The number of anilines is 1. The number of halogens is 3. The van der Waals surface area contributed by atoms with Crippen molar-refractivity contribution in [2.75, 3.05) is 18.4 Å². The van der Waals surface area contributed by atoms with Crippen molar-refractivity contribution < 1.29 is 18.0 Å². The van der Waals surface area contributed by atoms with Gasteiger partial charge in [0.05, 0.1) is 5.69 Å². The van der Waals surface area contributed by atoms with E-state index in [4.69, 9.17) is 0 Å². The predicted octanol–water partition coefficient (Wildman–Crippen LogP) is 3.37. The molecule has 1 amide bonds. The third-order valence-electron chi connectivity index (χ3n) is 5.26. The number of nitrogens with zero attached hydrogens (tertiary/aromatic N) is 3. The average Bonchev–Trinajstić information content (AvgIpc) is 2.92. The number of carbonyl (C=O) groups excluding carboxylic acids is 1. The van der Waals surface area contributed by atoms with E-state index in [1.807, 2.05) is 18.7 Å². The van der Waals surface area contributed by atoms with E-state index >= 15 is 0 Å². The average molecular weight is 358 g/mol. The minimum atomic E-state index is -4.32. The molecular weight excluding hydrogens is 333 g/mol. The molecule has 2 atom stereocenters. The second-order valence-electron chi connectivity index (χ2n) is 7.48. The number of fused-ring (bicyclic) bond motifs is 1. The summed E-state index contributed by atoms with van der Waals surface area (Å²) in [5.41, 5.74) is 0.578. The van der Waals surface area contributed by atoms with Crippen molar-refractivity contribution in [1.29, 1.82) is 0 Å². The number of carbonyl (C=O) groups is 1. The molecule has 0 aliphatic carbocycles. The highest BCUT2D eigenvalue weighted by atomic mass is 19.4. The molecule has 1 fully saturated rings. The maximum absolute atomic E-state index is 13.5. The molecule has 1 aromatic rings. The summed E-state index contributed by atoms with van der Waals surface area (Å²) in [6, 6.07) is -0.160. The Bertz CT molecular complexity index is 632. The van der Waals surface area contributed by atoms with E-state index in [1.54, 1.807) is 13.0 Å². The van der Waals surface area contributed by atoms with Gasteiger partial charge in [0.2, 0.25) is 5.91 Å². The van der Waals surface area contributed by atoms with Gasteiger partial charge >= 0.3 is 6.18 Å². The van der Waals surface area contributed by atoms with Crippen molar-refractivity contribution in [3.63, 3.8) is 0 Å². The largest absolute Gasteiger partial charge is 0.410 e. The normalized spacial score (nSPS) is 25.0. The van der Waals surface area contributed by atoms with Crippen molar-refractivity contribution >= 4 is 11.7 Å². The van der Waals surface area contributed by atoms with Crippen LogP contribution in [0.3, 0.4) is 0 Å². The van der Waals surface area contributed by atoms with Crippen LogP contribution in [0.15, 0.2) is 6.07 Å². The zero-order valence-electron chi connectivity index (χ0n) is 14.8. The van der Waals surface area contributed by atoms with Gasteiger partial charge in [-0.2, -0.15) is 18.3 Å². The Morgan fingerprint density at radius 2 is 1.96 bits per heavy atom. The van der Waals surface area contributed by atoms with Gasteiger partial charge in [0.25, 0.3) is 0 Å². The first-order valence-corrected chi connectivity index (χ1v) is 8.85. The number of aryl methyl sites for hydroxylation is 1. The van der Waals surface area contributed by atoms with E-state index in [9.17, 15) is 18.0 Å². The Morgan fingerprint density at radius 1 is 1.32 bits per heavy atom. The molecule has 3 rings (SSSR count). The summed E-state index contributed by atoms with van der Waals surface area (Å²) in [6.07, 6.45) is -2.87. The van der Waals surface area contributed by atoms with Crippen molar-refractivity contribution in [3.8, 4) is 0 Å². The Labute approximate surface area is 145 Å². The molecule has 5 nitrogen and oxygen atoms in total. The molecule has 0 unspecified atom stereocenters. The van der Waals surface area contributed by atoms with Crippen LogP contribution in [0.25, 0.3) is 0 Å². The molecule has 1 saturated heterocycles. The van der Waals surface area contributed by atoms with Crippen LogP contribution in [-0.4, -0.2) is 45.9 Å². The molecule has 2 aliphatic rings. The highest BCUT2D eigenvalue weighted by Gasteiger charge is 2.47. The summed E-state index contributed by atoms with van der Waals surface area (Å²) in [7, 11) is 0. The summed E-state index contributed by atoms with van der Waals surface area (Å²) in [5, 5.41) is 7.27. The topological polar surface area (TPSA) is 50.2 Å². The molecule has 0 bridgehead atoms. The van der Waals surface area contributed by atoms with Crippen LogP contribution in [-0.2, 0) is 4.79 Å². The minimum Gasteiger partial charge on any atom is -0.367 e. The second-order valence-corrected chi connectivity index (χ2v) is 7.48. The van der Waals surface area contributed by atoms with Crippen molar-refractivity contribution in [2.24, 2.45) is 11.8 Å². The standard InChI is InChI=1S/C17H25F3N4O/c1-10(2)16(25)23-6-4-12(5-7-23)13-9-14(17(18,19)20)24-15(21-13)8-11(3)22-24/h8,10,12-14,21H,4-7,9H2,1-3H3/t13-,14+/m0/s1. The number of hydrogen-bond donors (Lipinski definition) is 1. The first-order valence-electron chi connectivity index (χ1n) is 8.85. The van der Waals surface area contributed by atoms with Crippen molar-refractivity contribution in [3.05, 3.63) is 11.8 Å². The first kappa shape index (κ1) is 18.1. The van der Waals surface area contributed by atoms with Crippen LogP contribution in [0.2, 0.25) is 0 Å². The van der Waals surface area contributed by atoms with Crippen LogP contribution in [0.4, 0.5) is 19.0 Å². The van der Waals surface area contributed by atoms with Crippen LogP contribution in [0.5, 0.6) is 0 Å². The molecule has 1 N–H and O–H groups in total. The zero-order chi connectivity index (χ0) is 18.4. The van der Waals surface area contributed by atoms with Gasteiger partial charge in [0.15, 0.2) is 6.04 Å². The number of amides is 1. The molecule has 0 saturated carbocycles. The maximum Gasteiger partial charge on any atom is 0.410 e. The Morgan fingerprint density at radius 3 is 2.52 bits per heavy atom. The van der Waals surface area contributed by atoms with Crippen LogP contribution in [0, 0.1) is 18.8 Å². The fourth-order valence-electron chi connectivity index (χ4n) is 3.92. The van der Waals surface area contributed by atoms with Gasteiger partial charge in [-0.15, -0.1) is 0 Å². The van der Waals surface area contributed by atoms with E-state index in [0.29, 0.717) is 24.6 Å². The summed E-state index contributed by atoms with van der Waals surface area (Å²) < 4.78 is 41.5. The number of piperidine rings is 1. The number of hydrogen-bond acceptors (Lipinski definition) is 3. The number of rotatable bonds is 2. The summed E-state index contributed by atoms with van der Waals surface area (Å²) in [4.78, 5) is 13.9. The fraction of sp³-hybridized carbons (Fsp3) is 0.765. The number of likely N-dealkylation sites (tertiary alicyclic amines) is 1. The molecule has 2 aliphatic heterocycles. The highest BCUT2D eigenvalue weighted by molar-refractivity contribution is 5.78. The first-order chi connectivity index (χ1) is 11.7. The maximum atomic E-state index is 13.5. The lowest BCUT2D eigenvalue weighted by Gasteiger charge is -2.41. The molecular formula is C17H25F3N4O. The number of nitrogens with one attached hydrogen (secondary N) is 1. The Balaban J connectivity index is 1.71. The molecule has 0 spiro atoms. The lowest BCUT2D eigenvalue weighted by Crippen LogP contribution is -2.47. The predicted molar refractivity (Wildman–Crippen MR) is 88.2 cm³/mol. The highest BCUT2D eigenvalue weighted by Crippen LogP contribution is 2.42. The minimum absolute atomic E-state index is 0.0135. The van der Waals surface area contributed by atoms with E-state index < -0.39 is 12.2 Å². The quantitative estimate of drug-likeness (QED) is 0.882. The molecule has 1 aromatic heterocycles. The van der Waals surface area contributed by atoms with Gasteiger partial charge < -0.3 is 10.2 Å². The van der Waals surface area contributed by atoms with Gasteiger partial charge in [-0.1, -0.05) is 13.8 Å². The third-order valence-corrected chi connectivity index (χ3v) is 5.26.